The van der Waals surface area contributed by atoms with Gasteiger partial charge < -0.3 is 14.8 Å². The van der Waals surface area contributed by atoms with E-state index in [1.165, 1.54) is 0 Å². The van der Waals surface area contributed by atoms with Gasteiger partial charge in [0, 0.05) is 19.0 Å². The summed E-state index contributed by atoms with van der Waals surface area (Å²) in [6, 6.07) is 3.65. The number of amides is 1. The van der Waals surface area contributed by atoms with Crippen LogP contribution >= 0.6 is 0 Å². The smallest absolute Gasteiger partial charge is 0.234 e. The molecule has 5 nitrogen and oxygen atoms in total. The zero-order chi connectivity index (χ0) is 13.2. The molecular weight excluding hydrogens is 244 g/mol. The molecule has 0 radical (unpaired) electrons. The van der Waals surface area contributed by atoms with Crippen molar-refractivity contribution in [3.63, 3.8) is 0 Å². The zero-order valence-corrected chi connectivity index (χ0v) is 10.9. The number of aliphatic hydroxyl groups is 1. The van der Waals surface area contributed by atoms with E-state index >= 15 is 0 Å². The van der Waals surface area contributed by atoms with E-state index in [2.05, 4.69) is 10.2 Å². The molecule has 19 heavy (non-hydrogen) atoms. The Balaban J connectivity index is 1.43. The van der Waals surface area contributed by atoms with Gasteiger partial charge in [0.05, 0.1) is 25.5 Å². The Bertz CT molecular complexity index is 432. The van der Waals surface area contributed by atoms with Crippen molar-refractivity contribution in [3.05, 3.63) is 24.2 Å². The van der Waals surface area contributed by atoms with Crippen molar-refractivity contribution in [3.8, 4) is 0 Å². The standard InChI is InChI=1S/C14H20N2O3/c17-13-4-3-10-7-16(8-12(10)13)9-14(18)15-6-11-2-1-5-19-11/h1-2,5,10,12-13,17H,3-4,6-9H2,(H,15,18). The maximum Gasteiger partial charge on any atom is 0.234 e. The molecule has 3 atom stereocenters. The molecule has 1 aliphatic heterocycles. The molecule has 0 aromatic carbocycles. The Morgan fingerprint density at radius 3 is 3.11 bits per heavy atom. The van der Waals surface area contributed by atoms with E-state index in [1.807, 2.05) is 12.1 Å². The molecule has 5 heteroatoms. The van der Waals surface area contributed by atoms with Crippen LogP contribution in [0.5, 0.6) is 0 Å². The van der Waals surface area contributed by atoms with Crippen molar-refractivity contribution in [2.45, 2.75) is 25.5 Å². The summed E-state index contributed by atoms with van der Waals surface area (Å²) < 4.78 is 5.17. The maximum atomic E-state index is 11.8. The molecule has 1 aromatic heterocycles. The summed E-state index contributed by atoms with van der Waals surface area (Å²) in [5, 5.41) is 12.7. The lowest BCUT2D eigenvalue weighted by molar-refractivity contribution is -0.122. The number of furan rings is 1. The van der Waals surface area contributed by atoms with Crippen molar-refractivity contribution >= 4 is 5.91 Å². The van der Waals surface area contributed by atoms with Gasteiger partial charge in [0.1, 0.15) is 5.76 Å². The molecule has 104 valence electrons. The summed E-state index contributed by atoms with van der Waals surface area (Å²) >= 11 is 0. The first kappa shape index (κ1) is 12.7. The highest BCUT2D eigenvalue weighted by Crippen LogP contribution is 2.37. The summed E-state index contributed by atoms with van der Waals surface area (Å²) in [6.45, 7) is 2.64. The second-order valence-corrected chi connectivity index (χ2v) is 5.62. The molecule has 1 saturated heterocycles. The third kappa shape index (κ3) is 2.82. The van der Waals surface area contributed by atoms with Crippen LogP contribution in [-0.2, 0) is 11.3 Å². The summed E-state index contributed by atoms with van der Waals surface area (Å²) in [6.07, 6.45) is 3.45. The van der Waals surface area contributed by atoms with Gasteiger partial charge in [0.2, 0.25) is 5.91 Å². The molecule has 3 unspecified atom stereocenters. The van der Waals surface area contributed by atoms with Crippen molar-refractivity contribution < 1.29 is 14.3 Å². The summed E-state index contributed by atoms with van der Waals surface area (Å²) in [5.74, 6) is 1.73. The normalized spacial score (nSPS) is 30.5. The van der Waals surface area contributed by atoms with Crippen LogP contribution in [0.3, 0.4) is 0 Å². The Morgan fingerprint density at radius 1 is 1.47 bits per heavy atom. The fourth-order valence-corrected chi connectivity index (χ4v) is 3.32. The lowest BCUT2D eigenvalue weighted by atomic mass is 10.00. The molecule has 2 aliphatic rings. The molecule has 1 amide bonds. The number of hydrogen-bond donors (Lipinski definition) is 2. The van der Waals surface area contributed by atoms with Crippen LogP contribution in [0.2, 0.25) is 0 Å². The Labute approximate surface area is 112 Å². The fourth-order valence-electron chi connectivity index (χ4n) is 3.32. The Morgan fingerprint density at radius 2 is 2.37 bits per heavy atom. The number of fused-ring (bicyclic) bond motifs is 1. The predicted octanol–water partition coefficient (Wildman–Crippen LogP) is 0.599. The minimum atomic E-state index is -0.166. The molecule has 1 saturated carbocycles. The third-order valence-corrected chi connectivity index (χ3v) is 4.30. The van der Waals surface area contributed by atoms with E-state index in [0.717, 1.165) is 31.7 Å². The van der Waals surface area contributed by atoms with Crippen LogP contribution in [0.1, 0.15) is 18.6 Å². The number of likely N-dealkylation sites (tertiary alicyclic amines) is 1. The van der Waals surface area contributed by atoms with Gasteiger partial charge in [-0.05, 0) is 30.9 Å². The first-order valence-electron chi connectivity index (χ1n) is 6.92. The van der Waals surface area contributed by atoms with Gasteiger partial charge in [-0.1, -0.05) is 0 Å². The second kappa shape index (κ2) is 5.35. The molecule has 2 heterocycles. The van der Waals surface area contributed by atoms with E-state index in [0.29, 0.717) is 24.9 Å². The minimum absolute atomic E-state index is 0.0193. The number of nitrogens with one attached hydrogen (secondary N) is 1. The van der Waals surface area contributed by atoms with Gasteiger partial charge in [0.25, 0.3) is 0 Å². The highest BCUT2D eigenvalue weighted by molar-refractivity contribution is 5.77. The molecule has 1 aromatic rings. The number of carbonyl (C=O) groups excluding carboxylic acids is 1. The minimum Gasteiger partial charge on any atom is -0.467 e. The van der Waals surface area contributed by atoms with Gasteiger partial charge in [-0.25, -0.2) is 0 Å². The van der Waals surface area contributed by atoms with Crippen molar-refractivity contribution in [1.82, 2.24) is 10.2 Å². The number of aliphatic hydroxyl groups excluding tert-OH is 1. The topological polar surface area (TPSA) is 65.7 Å². The van der Waals surface area contributed by atoms with Crippen LogP contribution in [0, 0.1) is 11.8 Å². The quantitative estimate of drug-likeness (QED) is 0.835. The Kier molecular flexibility index (Phi) is 3.57. The van der Waals surface area contributed by atoms with Crippen LogP contribution in [0.25, 0.3) is 0 Å². The fraction of sp³-hybridized carbons (Fsp3) is 0.643. The molecule has 2 fully saturated rings. The van der Waals surface area contributed by atoms with Gasteiger partial charge in [-0.3, -0.25) is 9.69 Å². The highest BCUT2D eigenvalue weighted by Gasteiger charge is 2.41. The van der Waals surface area contributed by atoms with E-state index < -0.39 is 0 Å². The molecule has 2 N–H and O–H groups in total. The van der Waals surface area contributed by atoms with Crippen LogP contribution in [0.15, 0.2) is 22.8 Å². The summed E-state index contributed by atoms with van der Waals surface area (Å²) in [5.41, 5.74) is 0. The number of nitrogens with zero attached hydrogens (tertiary/aromatic N) is 1. The first-order chi connectivity index (χ1) is 9.22. The van der Waals surface area contributed by atoms with Crippen molar-refractivity contribution in [1.29, 1.82) is 0 Å². The van der Waals surface area contributed by atoms with Gasteiger partial charge >= 0.3 is 0 Å². The van der Waals surface area contributed by atoms with Gasteiger partial charge in [-0.2, -0.15) is 0 Å². The largest absolute Gasteiger partial charge is 0.467 e. The first-order valence-corrected chi connectivity index (χ1v) is 6.92. The molecule has 0 bridgehead atoms. The SMILES string of the molecule is O=C(CN1CC2CCC(O)C2C1)NCc1ccco1. The van der Waals surface area contributed by atoms with Crippen LogP contribution in [-0.4, -0.2) is 41.7 Å². The van der Waals surface area contributed by atoms with Crippen LogP contribution < -0.4 is 5.32 Å². The predicted molar refractivity (Wildman–Crippen MR) is 69.2 cm³/mol. The lowest BCUT2D eigenvalue weighted by Gasteiger charge is -2.17. The molecule has 1 aliphatic carbocycles. The monoisotopic (exact) mass is 264 g/mol. The number of hydrogen-bond acceptors (Lipinski definition) is 4. The maximum absolute atomic E-state index is 11.8. The van der Waals surface area contributed by atoms with Crippen molar-refractivity contribution in [2.75, 3.05) is 19.6 Å². The number of carbonyl (C=O) groups is 1. The van der Waals surface area contributed by atoms with E-state index in [1.54, 1.807) is 6.26 Å². The molecule has 3 rings (SSSR count). The van der Waals surface area contributed by atoms with E-state index in [9.17, 15) is 9.90 Å². The van der Waals surface area contributed by atoms with E-state index in [-0.39, 0.29) is 12.0 Å². The third-order valence-electron chi connectivity index (χ3n) is 4.30. The zero-order valence-electron chi connectivity index (χ0n) is 10.9. The second-order valence-electron chi connectivity index (χ2n) is 5.62. The summed E-state index contributed by atoms with van der Waals surface area (Å²) in [7, 11) is 0. The molecular formula is C14H20N2O3. The molecule has 0 spiro atoms. The van der Waals surface area contributed by atoms with Gasteiger partial charge in [-0.15, -0.1) is 0 Å². The summed E-state index contributed by atoms with van der Waals surface area (Å²) in [4.78, 5) is 14.0. The highest BCUT2D eigenvalue weighted by atomic mass is 16.3. The van der Waals surface area contributed by atoms with E-state index in [4.69, 9.17) is 4.42 Å². The lowest BCUT2D eigenvalue weighted by Crippen LogP contribution is -2.36. The van der Waals surface area contributed by atoms with Crippen LogP contribution in [0.4, 0.5) is 0 Å². The average molecular weight is 264 g/mol. The average Bonchev–Trinajstić information content (AvgIpc) is 3.07. The van der Waals surface area contributed by atoms with Crippen molar-refractivity contribution in [2.24, 2.45) is 11.8 Å². The number of rotatable bonds is 4. The van der Waals surface area contributed by atoms with Gasteiger partial charge in [0.15, 0.2) is 0 Å². The Hall–Kier alpha value is -1.33.